The first-order chi connectivity index (χ1) is 11.3. The third kappa shape index (κ3) is 3.79. The van der Waals surface area contributed by atoms with E-state index in [0.717, 1.165) is 28.8 Å². The van der Waals surface area contributed by atoms with E-state index in [0.29, 0.717) is 11.1 Å². The molecule has 0 radical (unpaired) electrons. The van der Waals surface area contributed by atoms with Gasteiger partial charge in [0, 0.05) is 11.8 Å². The molecule has 0 spiro atoms. The molecule has 116 valence electrons. The van der Waals surface area contributed by atoms with Crippen molar-refractivity contribution in [2.45, 2.75) is 6.42 Å². The highest BCUT2D eigenvalue weighted by Gasteiger charge is 2.07. The van der Waals surface area contributed by atoms with Crippen molar-refractivity contribution in [3.63, 3.8) is 0 Å². The third-order valence-electron chi connectivity index (χ3n) is 3.66. The summed E-state index contributed by atoms with van der Waals surface area (Å²) in [6, 6.07) is 23.3. The molecule has 0 unspecified atom stereocenters. The van der Waals surface area contributed by atoms with Crippen molar-refractivity contribution in [2.24, 2.45) is 0 Å². The number of benzene rings is 2. The Bertz CT molecular complexity index is 901. The van der Waals surface area contributed by atoms with E-state index in [1.54, 1.807) is 18.3 Å². The van der Waals surface area contributed by atoms with Crippen LogP contribution in [0.2, 0.25) is 0 Å². The molecule has 0 atom stereocenters. The lowest BCUT2D eigenvalue weighted by Crippen LogP contribution is -1.95. The third-order valence-corrected chi connectivity index (χ3v) is 3.66. The Morgan fingerprint density at radius 2 is 1.38 bits per heavy atom. The molecule has 0 saturated carbocycles. The van der Waals surface area contributed by atoms with Gasteiger partial charge in [0.2, 0.25) is 0 Å². The Morgan fingerprint density at radius 3 is 1.96 bits per heavy atom. The predicted molar refractivity (Wildman–Crippen MR) is 95.6 cm³/mol. The zero-order valence-corrected chi connectivity index (χ0v) is 13.6. The van der Waals surface area contributed by atoms with Gasteiger partial charge in [0.15, 0.2) is 0 Å². The molecule has 0 amide bonds. The van der Waals surface area contributed by atoms with E-state index >= 15 is 0 Å². The smallest absolute Gasteiger partial charge is 0.0991 e. The SMILES string of the molecule is Cl.N#Cc1ccc(Cc2cccnc2-c2ccc(C#N)cc2)cc1. The van der Waals surface area contributed by atoms with E-state index < -0.39 is 0 Å². The summed E-state index contributed by atoms with van der Waals surface area (Å²) in [7, 11) is 0. The zero-order valence-electron chi connectivity index (χ0n) is 12.8. The topological polar surface area (TPSA) is 60.5 Å². The molecule has 0 fully saturated rings. The van der Waals surface area contributed by atoms with Crippen molar-refractivity contribution < 1.29 is 0 Å². The van der Waals surface area contributed by atoms with Crippen molar-refractivity contribution >= 4 is 12.4 Å². The molecule has 3 rings (SSSR count). The summed E-state index contributed by atoms with van der Waals surface area (Å²) in [5.74, 6) is 0. The zero-order chi connectivity index (χ0) is 16.1. The Morgan fingerprint density at radius 1 is 0.792 bits per heavy atom. The van der Waals surface area contributed by atoms with Gasteiger partial charge in [-0.15, -0.1) is 12.4 Å². The molecule has 1 aromatic heterocycles. The van der Waals surface area contributed by atoms with E-state index in [1.807, 2.05) is 42.5 Å². The minimum atomic E-state index is 0. The van der Waals surface area contributed by atoms with Crippen LogP contribution >= 0.6 is 12.4 Å². The molecule has 0 bridgehead atoms. The van der Waals surface area contributed by atoms with E-state index in [4.69, 9.17) is 10.5 Å². The molecule has 3 nitrogen and oxygen atoms in total. The highest BCUT2D eigenvalue weighted by atomic mass is 35.5. The van der Waals surface area contributed by atoms with Gasteiger partial charge in [0.25, 0.3) is 0 Å². The van der Waals surface area contributed by atoms with Crippen LogP contribution in [0.3, 0.4) is 0 Å². The first kappa shape index (κ1) is 17.2. The van der Waals surface area contributed by atoms with Crippen LogP contribution in [0.25, 0.3) is 11.3 Å². The molecule has 0 aliphatic heterocycles. The van der Waals surface area contributed by atoms with Crippen molar-refractivity contribution in [1.82, 2.24) is 4.98 Å². The van der Waals surface area contributed by atoms with Gasteiger partial charge in [-0.3, -0.25) is 4.98 Å². The maximum atomic E-state index is 8.90. The summed E-state index contributed by atoms with van der Waals surface area (Å²) in [4.78, 5) is 4.50. The molecule has 0 saturated heterocycles. The summed E-state index contributed by atoms with van der Waals surface area (Å²) in [6.07, 6.45) is 2.52. The average molecular weight is 332 g/mol. The number of pyridine rings is 1. The van der Waals surface area contributed by atoms with Crippen molar-refractivity contribution in [3.8, 4) is 23.4 Å². The van der Waals surface area contributed by atoms with Gasteiger partial charge in [-0.1, -0.05) is 30.3 Å². The molecule has 4 heteroatoms. The minimum Gasteiger partial charge on any atom is -0.256 e. The Hall–Kier alpha value is -3.14. The lowest BCUT2D eigenvalue weighted by atomic mass is 9.98. The first-order valence-corrected chi connectivity index (χ1v) is 7.23. The van der Waals surface area contributed by atoms with Gasteiger partial charge in [0.05, 0.1) is 29.0 Å². The maximum Gasteiger partial charge on any atom is 0.0991 e. The summed E-state index contributed by atoms with van der Waals surface area (Å²) < 4.78 is 0. The van der Waals surface area contributed by atoms with Gasteiger partial charge >= 0.3 is 0 Å². The average Bonchev–Trinajstić information content (AvgIpc) is 2.63. The number of nitrogens with zero attached hydrogens (tertiary/aromatic N) is 3. The molecule has 24 heavy (non-hydrogen) atoms. The second-order valence-corrected chi connectivity index (χ2v) is 5.19. The van der Waals surface area contributed by atoms with Crippen LogP contribution in [-0.2, 0) is 6.42 Å². The fourth-order valence-corrected chi connectivity index (χ4v) is 2.46. The largest absolute Gasteiger partial charge is 0.256 e. The van der Waals surface area contributed by atoms with Crippen LogP contribution in [0.4, 0.5) is 0 Å². The number of rotatable bonds is 3. The van der Waals surface area contributed by atoms with Crippen LogP contribution in [0.15, 0.2) is 66.9 Å². The van der Waals surface area contributed by atoms with E-state index in [-0.39, 0.29) is 12.4 Å². The van der Waals surface area contributed by atoms with Crippen LogP contribution in [0.1, 0.15) is 22.3 Å². The number of hydrogen-bond acceptors (Lipinski definition) is 3. The van der Waals surface area contributed by atoms with Crippen molar-refractivity contribution in [2.75, 3.05) is 0 Å². The summed E-state index contributed by atoms with van der Waals surface area (Å²) >= 11 is 0. The second kappa shape index (κ2) is 7.92. The molecular formula is C20H14ClN3. The Kier molecular flexibility index (Phi) is 5.68. The van der Waals surface area contributed by atoms with Gasteiger partial charge in [-0.25, -0.2) is 0 Å². The van der Waals surface area contributed by atoms with Crippen LogP contribution in [-0.4, -0.2) is 4.98 Å². The summed E-state index contributed by atoms with van der Waals surface area (Å²) in [6.45, 7) is 0. The fourth-order valence-electron chi connectivity index (χ4n) is 2.46. The lowest BCUT2D eigenvalue weighted by molar-refractivity contribution is 1.15. The van der Waals surface area contributed by atoms with Crippen molar-refractivity contribution in [1.29, 1.82) is 10.5 Å². The number of aromatic nitrogens is 1. The molecular weight excluding hydrogens is 318 g/mol. The normalized spacial score (nSPS) is 9.42. The van der Waals surface area contributed by atoms with Crippen LogP contribution in [0, 0.1) is 22.7 Å². The highest BCUT2D eigenvalue weighted by Crippen LogP contribution is 2.24. The van der Waals surface area contributed by atoms with E-state index in [1.165, 1.54) is 0 Å². The second-order valence-electron chi connectivity index (χ2n) is 5.19. The first-order valence-electron chi connectivity index (χ1n) is 7.23. The minimum absolute atomic E-state index is 0. The number of halogens is 1. The van der Waals surface area contributed by atoms with Gasteiger partial charge < -0.3 is 0 Å². The number of nitriles is 2. The lowest BCUT2D eigenvalue weighted by Gasteiger charge is -2.09. The molecule has 0 N–H and O–H groups in total. The van der Waals surface area contributed by atoms with Gasteiger partial charge in [-0.2, -0.15) is 10.5 Å². The number of hydrogen-bond donors (Lipinski definition) is 0. The standard InChI is InChI=1S/C20H13N3.ClH/c21-13-16-5-3-15(4-6-16)12-19-2-1-11-23-20(19)18-9-7-17(14-22)8-10-18;/h1-11H,12H2;1H. The highest BCUT2D eigenvalue weighted by molar-refractivity contribution is 5.85. The van der Waals surface area contributed by atoms with Gasteiger partial charge in [-0.05, 0) is 47.9 Å². The van der Waals surface area contributed by atoms with Crippen LogP contribution in [0.5, 0.6) is 0 Å². The molecule has 3 aromatic rings. The van der Waals surface area contributed by atoms with E-state index in [2.05, 4.69) is 23.2 Å². The maximum absolute atomic E-state index is 8.90. The van der Waals surface area contributed by atoms with Crippen LogP contribution < -0.4 is 0 Å². The predicted octanol–water partition coefficient (Wildman–Crippen LogP) is 4.50. The summed E-state index contributed by atoms with van der Waals surface area (Å²) in [5, 5.41) is 17.8. The monoisotopic (exact) mass is 331 g/mol. The van der Waals surface area contributed by atoms with Crippen molar-refractivity contribution in [3.05, 3.63) is 89.1 Å². The van der Waals surface area contributed by atoms with E-state index in [9.17, 15) is 0 Å². The molecule has 0 aliphatic carbocycles. The Labute approximate surface area is 147 Å². The molecule has 2 aromatic carbocycles. The molecule has 0 aliphatic rings. The summed E-state index contributed by atoms with van der Waals surface area (Å²) in [5.41, 5.74) is 5.45. The van der Waals surface area contributed by atoms with Gasteiger partial charge in [0.1, 0.15) is 0 Å². The Balaban J connectivity index is 0.00000208. The quantitative estimate of drug-likeness (QED) is 0.709. The fraction of sp³-hybridized carbons (Fsp3) is 0.0500. The molecule has 1 heterocycles.